The van der Waals surface area contributed by atoms with Crippen molar-refractivity contribution in [2.45, 2.75) is 12.8 Å². The molecule has 1 fully saturated rings. The SMILES string of the molecule is CNC(=O)C1CCN(c2cccc(C#N)n2)CC1. The zero-order valence-corrected chi connectivity index (χ0v) is 10.4. The molecule has 0 radical (unpaired) electrons. The molecule has 5 nitrogen and oxygen atoms in total. The minimum Gasteiger partial charge on any atom is -0.359 e. The Labute approximate surface area is 106 Å². The fourth-order valence-corrected chi connectivity index (χ4v) is 2.24. The van der Waals surface area contributed by atoms with Gasteiger partial charge in [0.1, 0.15) is 17.6 Å². The third-order valence-corrected chi connectivity index (χ3v) is 3.29. The summed E-state index contributed by atoms with van der Waals surface area (Å²) >= 11 is 0. The largest absolute Gasteiger partial charge is 0.359 e. The molecule has 5 heteroatoms. The Kier molecular flexibility index (Phi) is 3.78. The molecule has 0 unspecified atom stereocenters. The van der Waals surface area contributed by atoms with E-state index in [9.17, 15) is 4.79 Å². The number of pyridine rings is 1. The van der Waals surface area contributed by atoms with Gasteiger partial charge in [-0.3, -0.25) is 4.79 Å². The summed E-state index contributed by atoms with van der Waals surface area (Å²) in [6, 6.07) is 7.48. The Balaban J connectivity index is 2.01. The van der Waals surface area contributed by atoms with Crippen LogP contribution in [0.25, 0.3) is 0 Å². The second-order valence-electron chi connectivity index (χ2n) is 4.37. The van der Waals surface area contributed by atoms with Crippen LogP contribution in [0.2, 0.25) is 0 Å². The van der Waals surface area contributed by atoms with Gasteiger partial charge < -0.3 is 10.2 Å². The van der Waals surface area contributed by atoms with Gasteiger partial charge in [-0.25, -0.2) is 4.98 Å². The second kappa shape index (κ2) is 5.50. The molecule has 2 heterocycles. The Hall–Kier alpha value is -2.09. The molecule has 0 aliphatic carbocycles. The summed E-state index contributed by atoms with van der Waals surface area (Å²) in [6.07, 6.45) is 1.66. The molecular weight excluding hydrogens is 228 g/mol. The van der Waals surface area contributed by atoms with Crippen LogP contribution < -0.4 is 10.2 Å². The van der Waals surface area contributed by atoms with E-state index in [1.165, 1.54) is 0 Å². The van der Waals surface area contributed by atoms with E-state index in [2.05, 4.69) is 15.2 Å². The number of amides is 1. The summed E-state index contributed by atoms with van der Waals surface area (Å²) < 4.78 is 0. The molecule has 94 valence electrons. The monoisotopic (exact) mass is 244 g/mol. The maximum absolute atomic E-state index is 11.5. The maximum atomic E-state index is 11.5. The van der Waals surface area contributed by atoms with E-state index in [0.29, 0.717) is 5.69 Å². The maximum Gasteiger partial charge on any atom is 0.222 e. The first-order chi connectivity index (χ1) is 8.74. The lowest BCUT2D eigenvalue weighted by Crippen LogP contribution is -2.39. The average Bonchev–Trinajstić information content (AvgIpc) is 2.46. The highest BCUT2D eigenvalue weighted by atomic mass is 16.1. The van der Waals surface area contributed by atoms with Gasteiger partial charge >= 0.3 is 0 Å². The summed E-state index contributed by atoms with van der Waals surface area (Å²) in [5, 5.41) is 11.5. The van der Waals surface area contributed by atoms with Gasteiger partial charge in [-0.2, -0.15) is 5.26 Å². The number of nitrogens with zero attached hydrogens (tertiary/aromatic N) is 3. The van der Waals surface area contributed by atoms with Crippen molar-refractivity contribution >= 4 is 11.7 Å². The highest BCUT2D eigenvalue weighted by Gasteiger charge is 2.24. The van der Waals surface area contributed by atoms with Crippen LogP contribution in [0.15, 0.2) is 18.2 Å². The number of aromatic nitrogens is 1. The van der Waals surface area contributed by atoms with Gasteiger partial charge in [0.2, 0.25) is 5.91 Å². The summed E-state index contributed by atoms with van der Waals surface area (Å²) in [4.78, 5) is 17.9. The van der Waals surface area contributed by atoms with Crippen molar-refractivity contribution in [2.75, 3.05) is 25.0 Å². The molecule has 0 aromatic carbocycles. The van der Waals surface area contributed by atoms with E-state index in [4.69, 9.17) is 5.26 Å². The zero-order chi connectivity index (χ0) is 13.0. The highest BCUT2D eigenvalue weighted by Crippen LogP contribution is 2.21. The van der Waals surface area contributed by atoms with Crippen LogP contribution in [0, 0.1) is 17.2 Å². The van der Waals surface area contributed by atoms with Gasteiger partial charge in [0.15, 0.2) is 0 Å². The number of hydrogen-bond acceptors (Lipinski definition) is 4. The number of carbonyl (C=O) groups excluding carboxylic acids is 1. The number of hydrogen-bond donors (Lipinski definition) is 1. The molecule has 1 aliphatic rings. The fraction of sp³-hybridized carbons (Fsp3) is 0.462. The lowest BCUT2D eigenvalue weighted by Gasteiger charge is -2.31. The van der Waals surface area contributed by atoms with Crippen LogP contribution in [0.4, 0.5) is 5.82 Å². The van der Waals surface area contributed by atoms with E-state index < -0.39 is 0 Å². The Morgan fingerprint density at radius 1 is 1.50 bits per heavy atom. The molecule has 1 aromatic heterocycles. The van der Waals surface area contributed by atoms with Crippen molar-refractivity contribution in [2.24, 2.45) is 5.92 Å². The van der Waals surface area contributed by atoms with Crippen molar-refractivity contribution in [3.05, 3.63) is 23.9 Å². The Bertz CT molecular complexity index is 472. The molecule has 1 saturated heterocycles. The van der Waals surface area contributed by atoms with Gasteiger partial charge in [0.05, 0.1) is 0 Å². The quantitative estimate of drug-likeness (QED) is 0.839. The standard InChI is InChI=1S/C13H16N4O/c1-15-13(18)10-5-7-17(8-6-10)12-4-2-3-11(9-14)16-12/h2-4,10H,5-8H2,1H3,(H,15,18). The van der Waals surface area contributed by atoms with E-state index in [1.807, 2.05) is 18.2 Å². The molecular formula is C13H16N4O. The van der Waals surface area contributed by atoms with Crippen LogP contribution >= 0.6 is 0 Å². The van der Waals surface area contributed by atoms with Crippen molar-refractivity contribution in [3.63, 3.8) is 0 Å². The van der Waals surface area contributed by atoms with E-state index in [1.54, 1.807) is 13.1 Å². The molecule has 1 aliphatic heterocycles. The number of rotatable bonds is 2. The zero-order valence-electron chi connectivity index (χ0n) is 10.4. The third-order valence-electron chi connectivity index (χ3n) is 3.29. The molecule has 2 rings (SSSR count). The van der Waals surface area contributed by atoms with Gasteiger partial charge in [0, 0.05) is 26.1 Å². The van der Waals surface area contributed by atoms with E-state index >= 15 is 0 Å². The summed E-state index contributed by atoms with van der Waals surface area (Å²) in [6.45, 7) is 1.61. The van der Waals surface area contributed by atoms with Crippen LogP contribution in [-0.2, 0) is 4.79 Å². The number of anilines is 1. The third kappa shape index (κ3) is 2.59. The van der Waals surface area contributed by atoms with E-state index in [-0.39, 0.29) is 11.8 Å². The molecule has 1 N–H and O–H groups in total. The summed E-state index contributed by atoms with van der Waals surface area (Å²) in [7, 11) is 1.67. The Morgan fingerprint density at radius 3 is 2.83 bits per heavy atom. The predicted octanol–water partition coefficient (Wildman–Crippen LogP) is 0.916. The first-order valence-corrected chi connectivity index (χ1v) is 6.08. The van der Waals surface area contributed by atoms with Crippen molar-refractivity contribution in [1.82, 2.24) is 10.3 Å². The highest BCUT2D eigenvalue weighted by molar-refractivity contribution is 5.78. The van der Waals surface area contributed by atoms with Crippen molar-refractivity contribution < 1.29 is 4.79 Å². The topological polar surface area (TPSA) is 69.0 Å². The van der Waals surface area contributed by atoms with Crippen LogP contribution in [0.5, 0.6) is 0 Å². The summed E-state index contributed by atoms with van der Waals surface area (Å²) in [5.41, 5.74) is 0.431. The lowest BCUT2D eigenvalue weighted by molar-refractivity contribution is -0.125. The molecule has 1 amide bonds. The van der Waals surface area contributed by atoms with Crippen LogP contribution in [0.3, 0.4) is 0 Å². The molecule has 0 bridgehead atoms. The van der Waals surface area contributed by atoms with E-state index in [0.717, 1.165) is 31.7 Å². The lowest BCUT2D eigenvalue weighted by atomic mass is 9.96. The fourth-order valence-electron chi connectivity index (χ4n) is 2.24. The molecule has 0 saturated carbocycles. The minimum absolute atomic E-state index is 0.102. The average molecular weight is 244 g/mol. The van der Waals surface area contributed by atoms with Crippen molar-refractivity contribution in [1.29, 1.82) is 5.26 Å². The smallest absolute Gasteiger partial charge is 0.222 e. The normalized spacial score (nSPS) is 16.1. The first kappa shape index (κ1) is 12.4. The van der Waals surface area contributed by atoms with Crippen LogP contribution in [-0.4, -0.2) is 31.0 Å². The van der Waals surface area contributed by atoms with Gasteiger partial charge in [-0.05, 0) is 25.0 Å². The Morgan fingerprint density at radius 2 is 2.22 bits per heavy atom. The molecule has 0 atom stereocenters. The summed E-state index contributed by atoms with van der Waals surface area (Å²) in [5.74, 6) is 1.04. The molecule has 18 heavy (non-hydrogen) atoms. The van der Waals surface area contributed by atoms with Gasteiger partial charge in [0.25, 0.3) is 0 Å². The number of nitriles is 1. The number of nitrogens with one attached hydrogen (secondary N) is 1. The molecule has 0 spiro atoms. The predicted molar refractivity (Wildman–Crippen MR) is 68.0 cm³/mol. The first-order valence-electron chi connectivity index (χ1n) is 6.08. The van der Waals surface area contributed by atoms with Gasteiger partial charge in [-0.1, -0.05) is 6.07 Å². The minimum atomic E-state index is 0.102. The van der Waals surface area contributed by atoms with Crippen molar-refractivity contribution in [3.8, 4) is 6.07 Å². The van der Waals surface area contributed by atoms with Gasteiger partial charge in [-0.15, -0.1) is 0 Å². The number of carbonyl (C=O) groups is 1. The second-order valence-corrected chi connectivity index (χ2v) is 4.37. The number of piperidine rings is 1. The molecule has 1 aromatic rings. The van der Waals surface area contributed by atoms with Crippen LogP contribution in [0.1, 0.15) is 18.5 Å².